The van der Waals surface area contributed by atoms with Crippen LogP contribution in [-0.2, 0) is 4.79 Å². The molecule has 0 aliphatic carbocycles. The van der Waals surface area contributed by atoms with Crippen molar-refractivity contribution in [1.29, 1.82) is 0 Å². The van der Waals surface area contributed by atoms with Crippen LogP contribution < -0.4 is 15.4 Å². The van der Waals surface area contributed by atoms with Gasteiger partial charge in [-0.15, -0.1) is 0 Å². The lowest BCUT2D eigenvalue weighted by molar-refractivity contribution is -0.135. The van der Waals surface area contributed by atoms with E-state index in [1.54, 1.807) is 12.1 Å². The molecular weight excluding hydrogens is 359 g/mol. The zero-order valence-corrected chi connectivity index (χ0v) is 17.4. The Labute approximate surface area is 167 Å². The Morgan fingerprint density at radius 1 is 1.32 bits per heavy atom. The maximum Gasteiger partial charge on any atom is 0.225 e. The molecule has 1 aromatic rings. The third-order valence-corrected chi connectivity index (χ3v) is 4.63. The molecule has 2 N–H and O–H groups in total. The highest BCUT2D eigenvalue weighted by atomic mass is 19.1. The fourth-order valence-corrected chi connectivity index (χ4v) is 3.15. The van der Waals surface area contributed by atoms with Crippen molar-refractivity contribution in [3.05, 3.63) is 30.1 Å². The molecule has 1 fully saturated rings. The van der Waals surface area contributed by atoms with E-state index in [1.807, 2.05) is 32.6 Å². The number of rotatable bonds is 7. The maximum absolute atomic E-state index is 13.3. The second-order valence-electron chi connectivity index (χ2n) is 7.50. The van der Waals surface area contributed by atoms with Gasteiger partial charge in [-0.05, 0) is 38.8 Å². The average molecular weight is 393 g/mol. The lowest BCUT2D eigenvalue weighted by Gasteiger charge is -2.34. The number of guanidine groups is 1. The van der Waals surface area contributed by atoms with Gasteiger partial charge in [0.15, 0.2) is 5.96 Å². The van der Waals surface area contributed by atoms with Crippen LogP contribution in [0.1, 0.15) is 40.5 Å². The third kappa shape index (κ3) is 7.02. The maximum atomic E-state index is 13.3. The second-order valence-corrected chi connectivity index (χ2v) is 7.50. The van der Waals surface area contributed by atoms with Gasteiger partial charge in [-0.1, -0.05) is 19.9 Å². The van der Waals surface area contributed by atoms with E-state index in [1.165, 1.54) is 12.1 Å². The van der Waals surface area contributed by atoms with Crippen LogP contribution in [0.5, 0.6) is 5.75 Å². The number of piperidine rings is 1. The first-order valence-corrected chi connectivity index (χ1v) is 10.1. The van der Waals surface area contributed by atoms with E-state index in [9.17, 15) is 9.18 Å². The van der Waals surface area contributed by atoms with Crippen molar-refractivity contribution in [2.45, 2.75) is 52.7 Å². The molecule has 156 valence electrons. The van der Waals surface area contributed by atoms with E-state index in [0.717, 1.165) is 38.4 Å². The number of hydrogen-bond acceptors (Lipinski definition) is 3. The minimum atomic E-state index is -0.314. The van der Waals surface area contributed by atoms with Crippen LogP contribution in [0.3, 0.4) is 0 Å². The lowest BCUT2D eigenvalue weighted by atomic mass is 10.0. The van der Waals surface area contributed by atoms with Gasteiger partial charge in [0.2, 0.25) is 5.91 Å². The summed E-state index contributed by atoms with van der Waals surface area (Å²) >= 11 is 0. The first-order chi connectivity index (χ1) is 13.4. The molecule has 1 unspecified atom stereocenters. The number of carbonyl (C=O) groups is 1. The molecule has 0 spiro atoms. The second kappa shape index (κ2) is 10.9. The Kier molecular flexibility index (Phi) is 8.54. The first kappa shape index (κ1) is 22.0. The molecule has 1 atom stereocenters. The van der Waals surface area contributed by atoms with Crippen molar-refractivity contribution in [1.82, 2.24) is 15.5 Å². The van der Waals surface area contributed by atoms with Gasteiger partial charge in [-0.25, -0.2) is 9.38 Å². The molecule has 0 aromatic heterocycles. The Bertz CT molecular complexity index is 658. The zero-order chi connectivity index (χ0) is 20.5. The predicted octanol–water partition coefficient (Wildman–Crippen LogP) is 2.80. The quantitative estimate of drug-likeness (QED) is 0.553. The number of amides is 1. The number of nitrogens with zero attached hydrogens (tertiary/aromatic N) is 2. The van der Waals surface area contributed by atoms with Crippen molar-refractivity contribution in [2.24, 2.45) is 10.9 Å². The van der Waals surface area contributed by atoms with Crippen molar-refractivity contribution in [3.63, 3.8) is 0 Å². The van der Waals surface area contributed by atoms with Gasteiger partial charge >= 0.3 is 0 Å². The monoisotopic (exact) mass is 392 g/mol. The van der Waals surface area contributed by atoms with Crippen LogP contribution in [0, 0.1) is 11.7 Å². The molecule has 1 aromatic carbocycles. The van der Waals surface area contributed by atoms with E-state index < -0.39 is 0 Å². The van der Waals surface area contributed by atoms with Crippen LogP contribution >= 0.6 is 0 Å². The summed E-state index contributed by atoms with van der Waals surface area (Å²) in [6.45, 7) is 10.6. The fraction of sp³-hybridized carbons (Fsp3) is 0.619. The zero-order valence-electron chi connectivity index (χ0n) is 17.4. The van der Waals surface area contributed by atoms with Gasteiger partial charge in [0.05, 0.1) is 6.54 Å². The number of nitrogens with one attached hydrogen (secondary N) is 2. The van der Waals surface area contributed by atoms with Crippen LogP contribution in [0.4, 0.5) is 4.39 Å². The number of hydrogen-bond donors (Lipinski definition) is 2. The molecule has 0 bridgehead atoms. The minimum absolute atomic E-state index is 0.0444. The first-order valence-electron chi connectivity index (χ1n) is 10.1. The van der Waals surface area contributed by atoms with Crippen molar-refractivity contribution in [3.8, 4) is 5.75 Å². The molecule has 1 saturated heterocycles. The minimum Gasteiger partial charge on any atom is -0.489 e. The Morgan fingerprint density at radius 3 is 2.64 bits per heavy atom. The molecule has 1 aliphatic rings. The van der Waals surface area contributed by atoms with Gasteiger partial charge < -0.3 is 20.3 Å². The highest BCUT2D eigenvalue weighted by Gasteiger charge is 2.24. The molecule has 1 amide bonds. The van der Waals surface area contributed by atoms with Crippen LogP contribution in [0.2, 0.25) is 0 Å². The fourth-order valence-electron chi connectivity index (χ4n) is 3.15. The van der Waals surface area contributed by atoms with E-state index >= 15 is 0 Å². The number of ether oxygens (including phenoxy) is 1. The van der Waals surface area contributed by atoms with E-state index in [-0.39, 0.29) is 29.8 Å². The predicted molar refractivity (Wildman–Crippen MR) is 110 cm³/mol. The summed E-state index contributed by atoms with van der Waals surface area (Å²) < 4.78 is 19.0. The number of aliphatic imine (C=N–C) groups is 1. The van der Waals surface area contributed by atoms with Gasteiger partial charge in [0, 0.05) is 37.7 Å². The highest BCUT2D eigenvalue weighted by Crippen LogP contribution is 2.15. The molecule has 28 heavy (non-hydrogen) atoms. The van der Waals surface area contributed by atoms with Gasteiger partial charge in [-0.3, -0.25) is 4.79 Å². The number of benzene rings is 1. The summed E-state index contributed by atoms with van der Waals surface area (Å²) in [7, 11) is 0. The summed E-state index contributed by atoms with van der Waals surface area (Å²) in [6, 6.07) is 6.41. The molecular formula is C21H33FN4O2. The Hall–Kier alpha value is -2.31. The Morgan fingerprint density at radius 2 is 2.04 bits per heavy atom. The van der Waals surface area contributed by atoms with Gasteiger partial charge in [0.1, 0.15) is 17.7 Å². The topological polar surface area (TPSA) is 66.0 Å². The normalized spacial score (nSPS) is 16.8. The van der Waals surface area contributed by atoms with Crippen molar-refractivity contribution < 1.29 is 13.9 Å². The summed E-state index contributed by atoms with van der Waals surface area (Å²) in [6.07, 6.45) is 1.62. The third-order valence-electron chi connectivity index (χ3n) is 4.63. The van der Waals surface area contributed by atoms with Crippen LogP contribution in [0.15, 0.2) is 29.3 Å². The summed E-state index contributed by atoms with van der Waals surface area (Å²) in [5.74, 6) is 1.20. The summed E-state index contributed by atoms with van der Waals surface area (Å²) in [5, 5.41) is 6.71. The molecule has 2 rings (SSSR count). The molecule has 0 radical (unpaired) electrons. The molecule has 6 nitrogen and oxygen atoms in total. The van der Waals surface area contributed by atoms with Crippen molar-refractivity contribution in [2.75, 3.05) is 26.2 Å². The molecule has 1 aliphatic heterocycles. The number of likely N-dealkylation sites (tertiary alicyclic amines) is 1. The Balaban J connectivity index is 1.84. The lowest BCUT2D eigenvalue weighted by Crippen LogP contribution is -2.50. The van der Waals surface area contributed by atoms with E-state index in [0.29, 0.717) is 12.3 Å². The van der Waals surface area contributed by atoms with Gasteiger partial charge in [-0.2, -0.15) is 0 Å². The van der Waals surface area contributed by atoms with E-state index in [4.69, 9.17) is 4.74 Å². The highest BCUT2D eigenvalue weighted by molar-refractivity contribution is 5.80. The average Bonchev–Trinajstić information content (AvgIpc) is 2.66. The van der Waals surface area contributed by atoms with Crippen LogP contribution in [0.25, 0.3) is 0 Å². The molecule has 7 heteroatoms. The summed E-state index contributed by atoms with van der Waals surface area (Å²) in [4.78, 5) is 18.7. The smallest absolute Gasteiger partial charge is 0.225 e. The molecule has 0 saturated carbocycles. The van der Waals surface area contributed by atoms with Crippen LogP contribution in [-0.4, -0.2) is 55.1 Å². The largest absolute Gasteiger partial charge is 0.489 e. The SMILES string of the molecule is CCNC(=NCC(C)Oc1cccc(F)c1)NC1CCN(C(=O)C(C)C)CC1. The summed E-state index contributed by atoms with van der Waals surface area (Å²) in [5.41, 5.74) is 0. The van der Waals surface area contributed by atoms with Crippen molar-refractivity contribution >= 4 is 11.9 Å². The van der Waals surface area contributed by atoms with E-state index in [2.05, 4.69) is 15.6 Å². The molecule has 1 heterocycles. The standard InChI is InChI=1S/C21H33FN4O2/c1-5-23-21(24-14-16(4)28-19-8-6-7-17(22)13-19)25-18-9-11-26(12-10-18)20(27)15(2)3/h6-8,13,15-16,18H,5,9-12,14H2,1-4H3,(H2,23,24,25). The number of halogens is 1. The van der Waals surface area contributed by atoms with Gasteiger partial charge in [0.25, 0.3) is 0 Å². The number of carbonyl (C=O) groups excluding carboxylic acids is 1.